The molecule has 4 aromatic rings. The smallest absolute Gasteiger partial charge is 0.185 e. The second-order valence-corrected chi connectivity index (χ2v) is 8.37. The van der Waals surface area contributed by atoms with E-state index in [4.69, 9.17) is 9.47 Å². The van der Waals surface area contributed by atoms with Crippen molar-refractivity contribution in [1.29, 1.82) is 0 Å². The molecule has 0 bridgehead atoms. The Bertz CT molecular complexity index is 1170. The summed E-state index contributed by atoms with van der Waals surface area (Å²) in [4.78, 5) is 5.37. The zero-order valence-corrected chi connectivity index (χ0v) is 18.4. The molecule has 2 atom stereocenters. The van der Waals surface area contributed by atoms with Gasteiger partial charge < -0.3 is 24.3 Å². The number of aliphatic hydroxyl groups is 2. The van der Waals surface area contributed by atoms with E-state index in [2.05, 4.69) is 4.99 Å². The van der Waals surface area contributed by atoms with Gasteiger partial charge in [-0.3, -0.25) is 4.99 Å². The predicted octanol–water partition coefficient (Wildman–Crippen LogP) is 3.48. The van der Waals surface area contributed by atoms with Crippen molar-refractivity contribution >= 4 is 21.6 Å². The van der Waals surface area contributed by atoms with Crippen LogP contribution in [0.25, 0.3) is 10.2 Å². The van der Waals surface area contributed by atoms with Crippen molar-refractivity contribution in [2.24, 2.45) is 4.99 Å². The first-order valence-corrected chi connectivity index (χ1v) is 11.3. The molecule has 0 radical (unpaired) electrons. The molecule has 0 amide bonds. The van der Waals surface area contributed by atoms with Crippen molar-refractivity contribution < 1.29 is 19.7 Å². The summed E-state index contributed by atoms with van der Waals surface area (Å²) in [6.07, 6.45) is -1.45. The maximum atomic E-state index is 10.6. The van der Waals surface area contributed by atoms with Gasteiger partial charge in [0, 0.05) is 0 Å². The van der Waals surface area contributed by atoms with E-state index in [1.54, 1.807) is 0 Å². The standard InChI is InChI=1S/C25H26N2O4S/c28-19(17-30-21-9-3-1-4-10-21)15-26-25-27(23-13-7-8-14-24(23)32-25)16-20(29)18-31-22-11-5-2-6-12-22/h1-14,19-20,28-29H,15-18H2. The zero-order chi connectivity index (χ0) is 22.2. The molecule has 0 saturated carbocycles. The van der Waals surface area contributed by atoms with Crippen LogP contribution < -0.4 is 14.3 Å². The minimum absolute atomic E-state index is 0.159. The third-order valence-corrected chi connectivity index (χ3v) is 5.89. The van der Waals surface area contributed by atoms with Gasteiger partial charge in [0.2, 0.25) is 0 Å². The number of aliphatic hydroxyl groups excluding tert-OH is 2. The topological polar surface area (TPSA) is 76.2 Å². The second kappa shape index (κ2) is 10.9. The lowest BCUT2D eigenvalue weighted by molar-refractivity contribution is 0.0925. The molecule has 0 aliphatic carbocycles. The van der Waals surface area contributed by atoms with Crippen LogP contribution in [0.5, 0.6) is 11.5 Å². The summed E-state index contributed by atoms with van der Waals surface area (Å²) in [5.74, 6) is 1.43. The van der Waals surface area contributed by atoms with Gasteiger partial charge in [-0.15, -0.1) is 0 Å². The van der Waals surface area contributed by atoms with Crippen molar-refractivity contribution in [2.75, 3.05) is 19.8 Å². The average molecular weight is 451 g/mol. The van der Waals surface area contributed by atoms with Gasteiger partial charge >= 0.3 is 0 Å². The second-order valence-electron chi connectivity index (χ2n) is 7.36. The minimum atomic E-state index is -0.736. The normalized spacial score (nSPS) is 13.8. The number of nitrogens with zero attached hydrogens (tertiary/aromatic N) is 2. The quantitative estimate of drug-likeness (QED) is 0.388. The van der Waals surface area contributed by atoms with Crippen molar-refractivity contribution in [3.63, 3.8) is 0 Å². The molecule has 0 spiro atoms. The number of benzene rings is 3. The van der Waals surface area contributed by atoms with Gasteiger partial charge in [-0.25, -0.2) is 0 Å². The fourth-order valence-electron chi connectivity index (χ4n) is 3.23. The van der Waals surface area contributed by atoms with Gasteiger partial charge in [-0.1, -0.05) is 59.9 Å². The number of aromatic nitrogens is 1. The van der Waals surface area contributed by atoms with Gasteiger partial charge in [0.05, 0.1) is 23.3 Å². The Morgan fingerprint density at radius 3 is 1.97 bits per heavy atom. The van der Waals surface area contributed by atoms with E-state index in [1.165, 1.54) is 11.3 Å². The lowest BCUT2D eigenvalue weighted by atomic mass is 10.3. The van der Waals surface area contributed by atoms with Crippen LogP contribution in [0.2, 0.25) is 0 Å². The highest BCUT2D eigenvalue weighted by atomic mass is 32.1. The van der Waals surface area contributed by atoms with Crippen LogP contribution in [-0.4, -0.2) is 46.7 Å². The van der Waals surface area contributed by atoms with Gasteiger partial charge in [-0.05, 0) is 36.4 Å². The maximum absolute atomic E-state index is 10.6. The van der Waals surface area contributed by atoms with Crippen molar-refractivity contribution in [2.45, 2.75) is 18.8 Å². The number of thiazole rings is 1. The highest BCUT2D eigenvalue weighted by Gasteiger charge is 2.13. The number of hydrogen-bond donors (Lipinski definition) is 2. The van der Waals surface area contributed by atoms with E-state index in [0.717, 1.165) is 20.8 Å². The minimum Gasteiger partial charge on any atom is -0.491 e. The zero-order valence-electron chi connectivity index (χ0n) is 17.6. The summed E-state index contributed by atoms with van der Waals surface area (Å²) in [6.45, 7) is 0.878. The number of rotatable bonds is 10. The van der Waals surface area contributed by atoms with E-state index in [0.29, 0.717) is 12.3 Å². The summed E-state index contributed by atoms with van der Waals surface area (Å²) < 4.78 is 14.4. The molecule has 1 heterocycles. The molecular weight excluding hydrogens is 424 g/mol. The molecule has 32 heavy (non-hydrogen) atoms. The largest absolute Gasteiger partial charge is 0.491 e. The molecule has 0 fully saturated rings. The lowest BCUT2D eigenvalue weighted by Gasteiger charge is -2.14. The molecule has 3 aromatic carbocycles. The highest BCUT2D eigenvalue weighted by molar-refractivity contribution is 7.16. The number of ether oxygens (including phenoxy) is 2. The summed E-state index contributed by atoms with van der Waals surface area (Å²) in [6, 6.07) is 26.8. The van der Waals surface area contributed by atoms with Gasteiger partial charge in [0.15, 0.2) is 4.80 Å². The Balaban J connectivity index is 1.44. The molecule has 2 N–H and O–H groups in total. The molecule has 0 saturated heterocycles. The predicted molar refractivity (Wildman–Crippen MR) is 126 cm³/mol. The number of fused-ring (bicyclic) bond motifs is 1. The fraction of sp³-hybridized carbons (Fsp3) is 0.240. The summed E-state index contributed by atoms with van der Waals surface area (Å²) in [5.41, 5.74) is 0.991. The third kappa shape index (κ3) is 5.97. The molecule has 7 heteroatoms. The Morgan fingerprint density at radius 2 is 1.31 bits per heavy atom. The Morgan fingerprint density at radius 1 is 0.750 bits per heavy atom. The first-order chi connectivity index (χ1) is 15.7. The summed E-state index contributed by atoms with van der Waals surface area (Å²) >= 11 is 1.53. The molecule has 6 nitrogen and oxygen atoms in total. The first-order valence-electron chi connectivity index (χ1n) is 10.5. The molecule has 1 aromatic heterocycles. The van der Waals surface area contributed by atoms with Crippen LogP contribution in [0.15, 0.2) is 89.9 Å². The Labute approximate surface area is 190 Å². The Kier molecular flexibility index (Phi) is 7.55. The molecule has 0 aliphatic heterocycles. The van der Waals surface area contributed by atoms with E-state index < -0.39 is 12.2 Å². The lowest BCUT2D eigenvalue weighted by Crippen LogP contribution is -2.29. The number of hydrogen-bond acceptors (Lipinski definition) is 6. The fourth-order valence-corrected chi connectivity index (χ4v) is 4.28. The van der Waals surface area contributed by atoms with Crippen LogP contribution in [0, 0.1) is 0 Å². The monoisotopic (exact) mass is 450 g/mol. The third-order valence-electron chi connectivity index (χ3n) is 4.79. The SMILES string of the molecule is OC(CN=c1sc2ccccc2n1CC(O)COc1ccccc1)COc1ccccc1. The molecule has 166 valence electrons. The molecule has 2 unspecified atom stereocenters. The first kappa shape index (κ1) is 22.1. The van der Waals surface area contributed by atoms with Crippen LogP contribution in [0.4, 0.5) is 0 Å². The van der Waals surface area contributed by atoms with E-state index in [1.807, 2.05) is 89.5 Å². The van der Waals surface area contributed by atoms with Gasteiger partial charge in [-0.2, -0.15) is 0 Å². The summed E-state index contributed by atoms with van der Waals surface area (Å²) in [7, 11) is 0. The Hall–Kier alpha value is -3.13. The molecular formula is C25H26N2O4S. The summed E-state index contributed by atoms with van der Waals surface area (Å²) in [5, 5.41) is 20.9. The molecule has 0 aliphatic rings. The highest BCUT2D eigenvalue weighted by Crippen LogP contribution is 2.17. The van der Waals surface area contributed by atoms with E-state index in [-0.39, 0.29) is 19.8 Å². The van der Waals surface area contributed by atoms with Crippen LogP contribution in [-0.2, 0) is 6.54 Å². The number of para-hydroxylation sites is 3. The van der Waals surface area contributed by atoms with Crippen molar-refractivity contribution in [1.82, 2.24) is 4.57 Å². The van der Waals surface area contributed by atoms with Gasteiger partial charge in [0.25, 0.3) is 0 Å². The average Bonchev–Trinajstić information content (AvgIpc) is 3.18. The van der Waals surface area contributed by atoms with Crippen LogP contribution in [0.1, 0.15) is 0 Å². The van der Waals surface area contributed by atoms with E-state index >= 15 is 0 Å². The van der Waals surface area contributed by atoms with Crippen molar-refractivity contribution in [3.05, 3.63) is 89.7 Å². The van der Waals surface area contributed by atoms with Crippen molar-refractivity contribution in [3.8, 4) is 11.5 Å². The maximum Gasteiger partial charge on any atom is 0.185 e. The van der Waals surface area contributed by atoms with Gasteiger partial charge in [0.1, 0.15) is 36.9 Å². The molecule has 4 rings (SSSR count). The van der Waals surface area contributed by atoms with Crippen LogP contribution in [0.3, 0.4) is 0 Å². The van der Waals surface area contributed by atoms with Crippen LogP contribution >= 0.6 is 11.3 Å². The van der Waals surface area contributed by atoms with E-state index in [9.17, 15) is 10.2 Å².